The molecule has 1 rings (SSSR count). The Morgan fingerprint density at radius 1 is 1.12 bits per heavy atom. The minimum absolute atomic E-state index is 0.00324. The maximum absolute atomic E-state index is 11.9. The van der Waals surface area contributed by atoms with E-state index in [0.29, 0.717) is 11.5 Å². The molecule has 0 bridgehead atoms. The van der Waals surface area contributed by atoms with Crippen molar-refractivity contribution in [3.05, 3.63) is 29.8 Å². The van der Waals surface area contributed by atoms with Crippen molar-refractivity contribution >= 4 is 11.6 Å². The SMILES string of the molecule is CC(C)[C@H](C)NC(=O)c1ccc(N(C)C)cc1. The van der Waals surface area contributed by atoms with Crippen molar-refractivity contribution in [2.24, 2.45) is 5.92 Å². The van der Waals surface area contributed by atoms with Crippen LogP contribution in [0.4, 0.5) is 5.69 Å². The smallest absolute Gasteiger partial charge is 0.251 e. The van der Waals surface area contributed by atoms with Gasteiger partial charge in [0.25, 0.3) is 5.91 Å². The first-order chi connectivity index (χ1) is 7.91. The van der Waals surface area contributed by atoms with Crippen LogP contribution in [0.25, 0.3) is 0 Å². The fourth-order valence-corrected chi connectivity index (χ4v) is 1.37. The molecule has 1 amide bonds. The van der Waals surface area contributed by atoms with E-state index in [1.165, 1.54) is 0 Å². The first-order valence-electron chi connectivity index (χ1n) is 6.00. The number of hydrogen-bond donors (Lipinski definition) is 1. The summed E-state index contributed by atoms with van der Waals surface area (Å²) in [6.45, 7) is 6.22. The van der Waals surface area contributed by atoms with Gasteiger partial charge >= 0.3 is 0 Å². The lowest BCUT2D eigenvalue weighted by Gasteiger charge is -2.18. The molecular formula is C14H22N2O. The zero-order valence-electron chi connectivity index (χ0n) is 11.3. The lowest BCUT2D eigenvalue weighted by Crippen LogP contribution is -2.36. The van der Waals surface area contributed by atoms with Crippen molar-refractivity contribution in [3.63, 3.8) is 0 Å². The van der Waals surface area contributed by atoms with Crippen LogP contribution in [0.2, 0.25) is 0 Å². The van der Waals surface area contributed by atoms with Gasteiger partial charge in [0, 0.05) is 31.4 Å². The summed E-state index contributed by atoms with van der Waals surface area (Å²) in [4.78, 5) is 13.9. The topological polar surface area (TPSA) is 32.3 Å². The normalized spacial score (nSPS) is 12.4. The molecule has 0 aliphatic rings. The molecule has 1 aromatic carbocycles. The van der Waals surface area contributed by atoms with E-state index >= 15 is 0 Å². The molecule has 0 heterocycles. The quantitative estimate of drug-likeness (QED) is 0.868. The Balaban J connectivity index is 2.70. The zero-order valence-corrected chi connectivity index (χ0v) is 11.3. The third kappa shape index (κ3) is 3.77. The molecule has 0 radical (unpaired) electrons. The summed E-state index contributed by atoms with van der Waals surface area (Å²) in [5.74, 6) is 0.441. The number of carbonyl (C=O) groups excluding carboxylic acids is 1. The number of amides is 1. The fraction of sp³-hybridized carbons (Fsp3) is 0.500. The van der Waals surface area contributed by atoms with Gasteiger partial charge in [-0.1, -0.05) is 13.8 Å². The van der Waals surface area contributed by atoms with Crippen LogP contribution in [0.5, 0.6) is 0 Å². The number of carbonyl (C=O) groups is 1. The molecule has 0 saturated carbocycles. The standard InChI is InChI=1S/C14H22N2O/c1-10(2)11(3)15-14(17)12-6-8-13(9-7-12)16(4)5/h6-11H,1-5H3,(H,15,17)/t11-/m0/s1. The molecule has 17 heavy (non-hydrogen) atoms. The highest BCUT2D eigenvalue weighted by atomic mass is 16.1. The molecule has 3 nitrogen and oxygen atoms in total. The van der Waals surface area contributed by atoms with Crippen LogP contribution in [-0.4, -0.2) is 26.0 Å². The third-order valence-electron chi connectivity index (χ3n) is 3.00. The van der Waals surface area contributed by atoms with Gasteiger partial charge < -0.3 is 10.2 Å². The molecule has 1 aromatic rings. The molecule has 1 N–H and O–H groups in total. The first kappa shape index (κ1) is 13.6. The molecular weight excluding hydrogens is 212 g/mol. The third-order valence-corrected chi connectivity index (χ3v) is 3.00. The molecule has 0 aliphatic heterocycles. The van der Waals surface area contributed by atoms with E-state index in [9.17, 15) is 4.79 Å². The number of nitrogens with zero attached hydrogens (tertiary/aromatic N) is 1. The van der Waals surface area contributed by atoms with Gasteiger partial charge in [0.05, 0.1) is 0 Å². The number of hydrogen-bond acceptors (Lipinski definition) is 2. The van der Waals surface area contributed by atoms with Crippen molar-refractivity contribution in [1.82, 2.24) is 5.32 Å². The Hall–Kier alpha value is -1.51. The number of nitrogens with one attached hydrogen (secondary N) is 1. The predicted octanol–water partition coefficient (Wildman–Crippen LogP) is 2.53. The second kappa shape index (κ2) is 5.71. The van der Waals surface area contributed by atoms with Crippen LogP contribution in [-0.2, 0) is 0 Å². The van der Waals surface area contributed by atoms with Crippen LogP contribution in [0.15, 0.2) is 24.3 Å². The molecule has 0 aromatic heterocycles. The summed E-state index contributed by atoms with van der Waals surface area (Å²) in [5, 5.41) is 2.99. The molecule has 0 aliphatic carbocycles. The van der Waals surface area contributed by atoms with Gasteiger partial charge in [0.2, 0.25) is 0 Å². The van der Waals surface area contributed by atoms with Crippen LogP contribution < -0.4 is 10.2 Å². The molecule has 3 heteroatoms. The largest absolute Gasteiger partial charge is 0.378 e. The highest BCUT2D eigenvalue weighted by Crippen LogP contribution is 2.12. The average Bonchev–Trinajstić information content (AvgIpc) is 2.28. The molecule has 0 unspecified atom stereocenters. The van der Waals surface area contributed by atoms with E-state index in [1.807, 2.05) is 50.2 Å². The molecule has 94 valence electrons. The Bertz CT molecular complexity index is 368. The minimum atomic E-state index is -0.00324. The van der Waals surface area contributed by atoms with E-state index in [-0.39, 0.29) is 11.9 Å². The summed E-state index contributed by atoms with van der Waals surface area (Å²) in [7, 11) is 3.96. The first-order valence-corrected chi connectivity index (χ1v) is 6.00. The van der Waals surface area contributed by atoms with Gasteiger partial charge in [-0.3, -0.25) is 4.79 Å². The monoisotopic (exact) mass is 234 g/mol. The van der Waals surface area contributed by atoms with Crippen molar-refractivity contribution in [3.8, 4) is 0 Å². The second-order valence-electron chi connectivity index (χ2n) is 4.95. The van der Waals surface area contributed by atoms with Gasteiger partial charge in [0.1, 0.15) is 0 Å². The van der Waals surface area contributed by atoms with Crippen LogP contribution >= 0.6 is 0 Å². The minimum Gasteiger partial charge on any atom is -0.378 e. The Morgan fingerprint density at radius 2 is 1.65 bits per heavy atom. The van der Waals surface area contributed by atoms with E-state index in [4.69, 9.17) is 0 Å². The number of benzene rings is 1. The van der Waals surface area contributed by atoms with Gasteiger partial charge in [0.15, 0.2) is 0 Å². The average molecular weight is 234 g/mol. The van der Waals surface area contributed by atoms with E-state index in [0.717, 1.165) is 5.69 Å². The van der Waals surface area contributed by atoms with E-state index in [1.54, 1.807) is 0 Å². The van der Waals surface area contributed by atoms with Gasteiger partial charge in [-0.05, 0) is 37.1 Å². The molecule has 0 saturated heterocycles. The maximum atomic E-state index is 11.9. The Kier molecular flexibility index (Phi) is 4.55. The lowest BCUT2D eigenvalue weighted by atomic mass is 10.1. The number of anilines is 1. The van der Waals surface area contributed by atoms with E-state index < -0.39 is 0 Å². The summed E-state index contributed by atoms with van der Waals surface area (Å²) >= 11 is 0. The number of rotatable bonds is 4. The van der Waals surface area contributed by atoms with Crippen molar-refractivity contribution < 1.29 is 4.79 Å². The predicted molar refractivity (Wildman–Crippen MR) is 72.5 cm³/mol. The molecule has 0 spiro atoms. The van der Waals surface area contributed by atoms with Crippen molar-refractivity contribution in [2.75, 3.05) is 19.0 Å². The molecule has 1 atom stereocenters. The van der Waals surface area contributed by atoms with Gasteiger partial charge in [-0.2, -0.15) is 0 Å². The highest BCUT2D eigenvalue weighted by molar-refractivity contribution is 5.94. The highest BCUT2D eigenvalue weighted by Gasteiger charge is 2.12. The zero-order chi connectivity index (χ0) is 13.0. The van der Waals surface area contributed by atoms with Crippen LogP contribution in [0.3, 0.4) is 0 Å². The van der Waals surface area contributed by atoms with Crippen molar-refractivity contribution in [2.45, 2.75) is 26.8 Å². The van der Waals surface area contributed by atoms with E-state index in [2.05, 4.69) is 19.2 Å². The molecule has 0 fully saturated rings. The van der Waals surface area contributed by atoms with Gasteiger partial charge in [-0.25, -0.2) is 0 Å². The lowest BCUT2D eigenvalue weighted by molar-refractivity contribution is 0.0930. The Morgan fingerprint density at radius 3 is 2.06 bits per heavy atom. The van der Waals surface area contributed by atoms with Crippen molar-refractivity contribution in [1.29, 1.82) is 0 Å². The maximum Gasteiger partial charge on any atom is 0.251 e. The summed E-state index contributed by atoms with van der Waals surface area (Å²) in [6.07, 6.45) is 0. The summed E-state index contributed by atoms with van der Waals surface area (Å²) in [6, 6.07) is 7.82. The van der Waals surface area contributed by atoms with Crippen LogP contribution in [0, 0.1) is 5.92 Å². The summed E-state index contributed by atoms with van der Waals surface area (Å²) < 4.78 is 0. The van der Waals surface area contributed by atoms with Gasteiger partial charge in [-0.15, -0.1) is 0 Å². The fourth-order valence-electron chi connectivity index (χ4n) is 1.37. The summed E-state index contributed by atoms with van der Waals surface area (Å²) in [5.41, 5.74) is 1.81. The van der Waals surface area contributed by atoms with Crippen LogP contribution in [0.1, 0.15) is 31.1 Å². The second-order valence-corrected chi connectivity index (χ2v) is 4.95. The Labute approximate surface area is 104 Å².